The quantitative estimate of drug-likeness (QED) is 0.909. The molecule has 1 aromatic heterocycles. The van der Waals surface area contributed by atoms with Crippen LogP contribution in [-0.4, -0.2) is 7.11 Å². The van der Waals surface area contributed by atoms with Crippen LogP contribution in [0.4, 0.5) is 0 Å². The van der Waals surface area contributed by atoms with E-state index in [1.165, 1.54) is 9.75 Å². The summed E-state index contributed by atoms with van der Waals surface area (Å²) in [6, 6.07) is 12.5. The molecule has 0 aliphatic heterocycles. The van der Waals surface area contributed by atoms with Crippen LogP contribution < -0.4 is 10.1 Å². The van der Waals surface area contributed by atoms with Crippen LogP contribution in [0.2, 0.25) is 0 Å². The zero-order valence-electron chi connectivity index (χ0n) is 11.9. The summed E-state index contributed by atoms with van der Waals surface area (Å²) in [6.45, 7) is 5.00. The first kappa shape index (κ1) is 14.6. The number of thiophene rings is 1. The SMILES string of the molecule is COc1ccc(CNC(C)c2ccc(C)s2)cc1C#N. The number of rotatable bonds is 5. The first-order chi connectivity index (χ1) is 9.63. The van der Waals surface area contributed by atoms with Gasteiger partial charge in [0, 0.05) is 22.3 Å². The molecule has 0 aliphatic carbocycles. The second kappa shape index (κ2) is 6.56. The van der Waals surface area contributed by atoms with Gasteiger partial charge < -0.3 is 10.1 Å². The fourth-order valence-corrected chi connectivity index (χ4v) is 2.91. The maximum atomic E-state index is 9.08. The second-order valence-corrected chi connectivity index (χ2v) is 6.02. The number of ether oxygens (including phenoxy) is 1. The molecule has 0 radical (unpaired) electrons. The number of benzene rings is 1. The molecule has 2 aromatic rings. The average Bonchev–Trinajstić information content (AvgIpc) is 2.91. The minimum atomic E-state index is 0.307. The Morgan fingerprint density at radius 2 is 2.15 bits per heavy atom. The van der Waals surface area contributed by atoms with Crippen molar-refractivity contribution >= 4 is 11.3 Å². The normalized spacial score (nSPS) is 11.9. The summed E-state index contributed by atoms with van der Waals surface area (Å²) in [5.41, 5.74) is 1.66. The third kappa shape index (κ3) is 3.38. The van der Waals surface area contributed by atoms with Crippen molar-refractivity contribution in [1.82, 2.24) is 5.32 Å². The highest BCUT2D eigenvalue weighted by Crippen LogP contribution is 2.23. The Morgan fingerprint density at radius 3 is 2.75 bits per heavy atom. The van der Waals surface area contributed by atoms with Crippen LogP contribution in [0, 0.1) is 18.3 Å². The van der Waals surface area contributed by atoms with Crippen LogP contribution in [0.1, 0.15) is 33.8 Å². The van der Waals surface area contributed by atoms with E-state index in [-0.39, 0.29) is 0 Å². The Hall–Kier alpha value is -1.83. The molecule has 2 rings (SSSR count). The van der Waals surface area contributed by atoms with Gasteiger partial charge in [0.15, 0.2) is 0 Å². The van der Waals surface area contributed by atoms with E-state index in [1.54, 1.807) is 7.11 Å². The van der Waals surface area contributed by atoms with Crippen molar-refractivity contribution in [3.8, 4) is 11.8 Å². The second-order valence-electron chi connectivity index (χ2n) is 4.70. The van der Waals surface area contributed by atoms with Gasteiger partial charge in [-0.05, 0) is 43.7 Å². The predicted molar refractivity (Wildman–Crippen MR) is 82.0 cm³/mol. The summed E-state index contributed by atoms with van der Waals surface area (Å²) >= 11 is 1.81. The number of aryl methyl sites for hydroxylation is 1. The molecule has 0 amide bonds. The monoisotopic (exact) mass is 286 g/mol. The number of methoxy groups -OCH3 is 1. The maximum absolute atomic E-state index is 9.08. The van der Waals surface area contributed by atoms with Gasteiger partial charge in [-0.25, -0.2) is 0 Å². The number of hydrogen-bond acceptors (Lipinski definition) is 4. The van der Waals surface area contributed by atoms with Gasteiger partial charge in [0.05, 0.1) is 12.7 Å². The molecule has 0 spiro atoms. The molecule has 104 valence electrons. The first-order valence-electron chi connectivity index (χ1n) is 6.50. The highest BCUT2D eigenvalue weighted by Gasteiger charge is 2.08. The van der Waals surface area contributed by atoms with Crippen LogP contribution in [0.3, 0.4) is 0 Å². The molecule has 1 N–H and O–H groups in total. The van der Waals surface area contributed by atoms with Gasteiger partial charge in [0.2, 0.25) is 0 Å². The van der Waals surface area contributed by atoms with Gasteiger partial charge in [-0.1, -0.05) is 6.07 Å². The fraction of sp³-hybridized carbons (Fsp3) is 0.312. The van der Waals surface area contributed by atoms with E-state index < -0.39 is 0 Å². The Labute approximate surface area is 123 Å². The first-order valence-corrected chi connectivity index (χ1v) is 7.32. The van der Waals surface area contributed by atoms with E-state index in [0.29, 0.717) is 17.4 Å². The topological polar surface area (TPSA) is 45.0 Å². The molecule has 1 heterocycles. The molecule has 0 aliphatic rings. The van der Waals surface area contributed by atoms with Gasteiger partial charge in [-0.3, -0.25) is 0 Å². The molecule has 3 nitrogen and oxygen atoms in total. The van der Waals surface area contributed by atoms with Gasteiger partial charge >= 0.3 is 0 Å². The van der Waals surface area contributed by atoms with Crippen molar-refractivity contribution in [3.63, 3.8) is 0 Å². The molecule has 20 heavy (non-hydrogen) atoms. The van der Waals surface area contributed by atoms with Crippen LogP contribution in [0.25, 0.3) is 0 Å². The van der Waals surface area contributed by atoms with E-state index in [1.807, 2.05) is 29.5 Å². The lowest BCUT2D eigenvalue weighted by molar-refractivity contribution is 0.413. The molecular formula is C16H18N2OS. The average molecular weight is 286 g/mol. The Balaban J connectivity index is 2.02. The van der Waals surface area contributed by atoms with Crippen molar-refractivity contribution in [1.29, 1.82) is 5.26 Å². The molecular weight excluding hydrogens is 268 g/mol. The van der Waals surface area contributed by atoms with Gasteiger partial charge in [0.25, 0.3) is 0 Å². The molecule has 1 atom stereocenters. The molecule has 0 fully saturated rings. The smallest absolute Gasteiger partial charge is 0.136 e. The van der Waals surface area contributed by atoms with Crippen LogP contribution >= 0.6 is 11.3 Å². The highest BCUT2D eigenvalue weighted by molar-refractivity contribution is 7.12. The Bertz CT molecular complexity index is 628. The summed E-state index contributed by atoms with van der Waals surface area (Å²) in [5.74, 6) is 0.623. The highest BCUT2D eigenvalue weighted by atomic mass is 32.1. The summed E-state index contributed by atoms with van der Waals surface area (Å²) in [7, 11) is 1.58. The lowest BCUT2D eigenvalue weighted by Gasteiger charge is -2.13. The Morgan fingerprint density at radius 1 is 1.35 bits per heavy atom. The van der Waals surface area contributed by atoms with Gasteiger partial charge in [-0.15, -0.1) is 11.3 Å². The third-order valence-electron chi connectivity index (χ3n) is 3.18. The zero-order chi connectivity index (χ0) is 14.5. The summed E-state index contributed by atoms with van der Waals surface area (Å²) < 4.78 is 5.15. The van der Waals surface area contributed by atoms with Crippen molar-refractivity contribution in [3.05, 3.63) is 51.2 Å². The fourth-order valence-electron chi connectivity index (χ4n) is 2.01. The number of nitriles is 1. The molecule has 0 saturated heterocycles. The van der Waals surface area contributed by atoms with Crippen LogP contribution in [-0.2, 0) is 6.54 Å². The molecule has 1 unspecified atom stereocenters. The minimum absolute atomic E-state index is 0.307. The molecule has 0 bridgehead atoms. The Kier molecular flexibility index (Phi) is 4.78. The minimum Gasteiger partial charge on any atom is -0.495 e. The predicted octanol–water partition coefficient (Wildman–Crippen LogP) is 3.79. The van der Waals surface area contributed by atoms with Gasteiger partial charge in [0.1, 0.15) is 11.8 Å². The number of hydrogen-bond donors (Lipinski definition) is 1. The molecule has 1 aromatic carbocycles. The van der Waals surface area contributed by atoms with E-state index in [2.05, 4.69) is 37.4 Å². The zero-order valence-corrected chi connectivity index (χ0v) is 12.8. The number of nitrogens with zero attached hydrogens (tertiary/aromatic N) is 1. The molecule has 4 heteroatoms. The van der Waals surface area contributed by atoms with E-state index in [9.17, 15) is 0 Å². The summed E-state index contributed by atoms with van der Waals surface area (Å²) in [6.07, 6.45) is 0. The lowest BCUT2D eigenvalue weighted by Crippen LogP contribution is -2.17. The third-order valence-corrected chi connectivity index (χ3v) is 4.37. The van der Waals surface area contributed by atoms with Crippen LogP contribution in [0.15, 0.2) is 30.3 Å². The van der Waals surface area contributed by atoms with E-state index >= 15 is 0 Å². The van der Waals surface area contributed by atoms with Gasteiger partial charge in [-0.2, -0.15) is 5.26 Å². The number of nitrogens with one attached hydrogen (secondary N) is 1. The van der Waals surface area contributed by atoms with E-state index in [0.717, 1.165) is 12.1 Å². The van der Waals surface area contributed by atoms with Crippen molar-refractivity contribution in [2.24, 2.45) is 0 Å². The van der Waals surface area contributed by atoms with Crippen LogP contribution in [0.5, 0.6) is 5.75 Å². The maximum Gasteiger partial charge on any atom is 0.136 e. The largest absolute Gasteiger partial charge is 0.495 e. The molecule has 0 saturated carbocycles. The summed E-state index contributed by atoms with van der Waals surface area (Å²) in [5, 5.41) is 12.6. The van der Waals surface area contributed by atoms with Crippen molar-refractivity contribution < 1.29 is 4.74 Å². The van der Waals surface area contributed by atoms with E-state index in [4.69, 9.17) is 10.00 Å². The standard InChI is InChI=1S/C16H18N2OS/c1-11-4-7-16(20-11)12(2)18-10-13-5-6-15(19-3)14(8-13)9-17/h4-8,12,18H,10H2,1-3H3. The van der Waals surface area contributed by atoms with Crippen molar-refractivity contribution in [2.75, 3.05) is 7.11 Å². The summed E-state index contributed by atoms with van der Waals surface area (Å²) in [4.78, 5) is 2.65. The lowest BCUT2D eigenvalue weighted by atomic mass is 10.1. The van der Waals surface area contributed by atoms with Crippen molar-refractivity contribution in [2.45, 2.75) is 26.4 Å².